The molecule has 5 nitrogen and oxygen atoms in total. The molecule has 0 radical (unpaired) electrons. The van der Waals surface area contributed by atoms with E-state index in [-0.39, 0.29) is 5.91 Å². The van der Waals surface area contributed by atoms with Crippen LogP contribution in [0.2, 0.25) is 0 Å². The third kappa shape index (κ3) is 3.92. The van der Waals surface area contributed by atoms with Crippen LogP contribution in [0, 0.1) is 0 Å². The van der Waals surface area contributed by atoms with E-state index in [1.165, 1.54) is 0 Å². The van der Waals surface area contributed by atoms with Gasteiger partial charge in [0.05, 0.1) is 0 Å². The molecule has 0 aliphatic carbocycles. The Morgan fingerprint density at radius 2 is 2.17 bits per heavy atom. The van der Waals surface area contributed by atoms with E-state index in [0.717, 1.165) is 0 Å². The molecule has 0 aromatic heterocycles. The Balaban J connectivity index is 0.000000354. The molecule has 1 atom stereocenters. The van der Waals surface area contributed by atoms with Crippen molar-refractivity contribution in [3.05, 3.63) is 0 Å². The number of hydrogen-bond donors (Lipinski definition) is 3. The van der Waals surface area contributed by atoms with Crippen LogP contribution in [0.1, 0.15) is 12.8 Å². The highest BCUT2D eigenvalue weighted by molar-refractivity contribution is 5.87. The maximum Gasteiger partial charge on any atom is 0.326 e. The van der Waals surface area contributed by atoms with Crippen molar-refractivity contribution in [3.63, 3.8) is 0 Å². The summed E-state index contributed by atoms with van der Waals surface area (Å²) in [6, 6.07) is -0.641. The first-order valence-electron chi connectivity index (χ1n) is 3.72. The molecule has 1 rings (SSSR count). The Hall–Kier alpha value is -1.10. The molecule has 5 heteroatoms. The first kappa shape index (κ1) is 10.9. The monoisotopic (exact) mass is 174 g/mol. The van der Waals surface area contributed by atoms with E-state index in [4.69, 9.17) is 5.11 Å². The fourth-order valence-electron chi connectivity index (χ4n) is 0.799. The molecular formula is C7H14N2O3. The Morgan fingerprint density at radius 3 is 2.33 bits per heavy atom. The van der Waals surface area contributed by atoms with Gasteiger partial charge in [-0.05, 0) is 20.5 Å². The largest absolute Gasteiger partial charge is 0.480 e. The Morgan fingerprint density at radius 1 is 1.67 bits per heavy atom. The van der Waals surface area contributed by atoms with Crippen molar-refractivity contribution < 1.29 is 14.7 Å². The lowest BCUT2D eigenvalue weighted by molar-refractivity contribution is -0.140. The number of aliphatic carboxylic acids is 1. The Kier molecular flexibility index (Phi) is 5.03. The summed E-state index contributed by atoms with van der Waals surface area (Å²) in [5.41, 5.74) is 0. The minimum Gasteiger partial charge on any atom is -0.480 e. The molecule has 0 bridgehead atoms. The third-order valence-corrected chi connectivity index (χ3v) is 1.29. The molecular weight excluding hydrogens is 160 g/mol. The van der Waals surface area contributed by atoms with E-state index in [9.17, 15) is 9.59 Å². The number of carboxylic acids is 1. The van der Waals surface area contributed by atoms with Crippen LogP contribution >= 0.6 is 0 Å². The number of carboxylic acid groups (broad SMARTS) is 1. The molecule has 1 saturated heterocycles. The topological polar surface area (TPSA) is 78.4 Å². The van der Waals surface area contributed by atoms with E-state index in [2.05, 4.69) is 10.6 Å². The van der Waals surface area contributed by atoms with E-state index in [1.807, 2.05) is 14.1 Å². The predicted molar refractivity (Wildman–Crippen MR) is 43.8 cm³/mol. The van der Waals surface area contributed by atoms with Gasteiger partial charge >= 0.3 is 5.97 Å². The van der Waals surface area contributed by atoms with Gasteiger partial charge in [0.1, 0.15) is 6.04 Å². The molecule has 1 amide bonds. The fraction of sp³-hybridized carbons (Fsp3) is 0.714. The standard InChI is InChI=1S/C5H7NO3.C2H7N/c7-4-2-1-3(6-4)5(8)9;1-3-2/h3H,1-2H2,(H,6,7)(H,8,9);3H,1-2H3. The van der Waals surface area contributed by atoms with E-state index in [0.29, 0.717) is 12.8 Å². The number of nitrogens with one attached hydrogen (secondary N) is 2. The van der Waals surface area contributed by atoms with Crippen LogP contribution in [0.4, 0.5) is 0 Å². The van der Waals surface area contributed by atoms with Crippen molar-refractivity contribution in [2.45, 2.75) is 18.9 Å². The van der Waals surface area contributed by atoms with Crippen LogP contribution in [-0.4, -0.2) is 37.1 Å². The van der Waals surface area contributed by atoms with Crippen LogP contribution in [0.25, 0.3) is 0 Å². The normalized spacial score (nSPS) is 20.8. The van der Waals surface area contributed by atoms with Gasteiger partial charge in [0.15, 0.2) is 0 Å². The number of carbonyl (C=O) groups excluding carboxylic acids is 1. The molecule has 1 fully saturated rings. The highest BCUT2D eigenvalue weighted by atomic mass is 16.4. The summed E-state index contributed by atoms with van der Waals surface area (Å²) in [4.78, 5) is 20.5. The lowest BCUT2D eigenvalue weighted by Gasteiger charge is -1.99. The van der Waals surface area contributed by atoms with Gasteiger partial charge < -0.3 is 15.7 Å². The second kappa shape index (κ2) is 5.54. The number of carbonyl (C=O) groups is 2. The average Bonchev–Trinajstić information content (AvgIpc) is 2.37. The van der Waals surface area contributed by atoms with Crippen LogP contribution in [0.3, 0.4) is 0 Å². The third-order valence-electron chi connectivity index (χ3n) is 1.29. The molecule has 1 aliphatic rings. The highest BCUT2D eigenvalue weighted by Gasteiger charge is 2.26. The first-order valence-corrected chi connectivity index (χ1v) is 3.72. The van der Waals surface area contributed by atoms with Gasteiger partial charge in [-0.3, -0.25) is 4.79 Å². The van der Waals surface area contributed by atoms with Gasteiger partial charge in [-0.2, -0.15) is 0 Å². The predicted octanol–water partition coefficient (Wildman–Crippen LogP) is -0.815. The minimum atomic E-state index is -0.944. The molecule has 0 aromatic rings. The average molecular weight is 174 g/mol. The van der Waals surface area contributed by atoms with Gasteiger partial charge in [-0.25, -0.2) is 4.79 Å². The lowest BCUT2D eigenvalue weighted by atomic mass is 10.2. The van der Waals surface area contributed by atoms with Crippen LogP contribution < -0.4 is 10.6 Å². The summed E-state index contributed by atoms with van der Waals surface area (Å²) in [7, 11) is 3.75. The SMILES string of the molecule is CNC.O=C1CCC(C(=O)O)N1. The highest BCUT2D eigenvalue weighted by Crippen LogP contribution is 2.05. The molecule has 3 N–H and O–H groups in total. The Bertz CT molecular complexity index is 170. The minimum absolute atomic E-state index is 0.164. The summed E-state index contributed by atoms with van der Waals surface area (Å²) in [5.74, 6) is -1.11. The van der Waals surface area contributed by atoms with Crippen LogP contribution in [0.15, 0.2) is 0 Å². The first-order chi connectivity index (χ1) is 5.61. The molecule has 70 valence electrons. The van der Waals surface area contributed by atoms with Crippen molar-refractivity contribution in [2.75, 3.05) is 14.1 Å². The van der Waals surface area contributed by atoms with Crippen molar-refractivity contribution in [2.24, 2.45) is 0 Å². The van der Waals surface area contributed by atoms with E-state index in [1.54, 1.807) is 0 Å². The number of rotatable bonds is 1. The van der Waals surface area contributed by atoms with Gasteiger partial charge in [0, 0.05) is 6.42 Å². The summed E-state index contributed by atoms with van der Waals surface area (Å²) in [5, 5.41) is 13.4. The van der Waals surface area contributed by atoms with Crippen LogP contribution in [0.5, 0.6) is 0 Å². The molecule has 1 aliphatic heterocycles. The zero-order chi connectivity index (χ0) is 9.56. The zero-order valence-corrected chi connectivity index (χ0v) is 7.26. The maximum absolute atomic E-state index is 10.4. The molecule has 1 heterocycles. The second-order valence-electron chi connectivity index (χ2n) is 2.50. The summed E-state index contributed by atoms with van der Waals surface area (Å²) >= 11 is 0. The van der Waals surface area contributed by atoms with Crippen molar-refractivity contribution in [3.8, 4) is 0 Å². The number of amides is 1. The molecule has 0 saturated carbocycles. The summed E-state index contributed by atoms with van der Waals surface area (Å²) < 4.78 is 0. The molecule has 1 unspecified atom stereocenters. The van der Waals surface area contributed by atoms with Gasteiger partial charge in [-0.1, -0.05) is 0 Å². The van der Waals surface area contributed by atoms with E-state index >= 15 is 0 Å². The van der Waals surface area contributed by atoms with Gasteiger partial charge in [-0.15, -0.1) is 0 Å². The molecule has 0 spiro atoms. The fourth-order valence-corrected chi connectivity index (χ4v) is 0.799. The Labute approximate surface area is 71.1 Å². The van der Waals surface area contributed by atoms with Crippen molar-refractivity contribution in [1.82, 2.24) is 10.6 Å². The van der Waals surface area contributed by atoms with Crippen molar-refractivity contribution in [1.29, 1.82) is 0 Å². The molecule has 12 heavy (non-hydrogen) atoms. The number of hydrogen-bond acceptors (Lipinski definition) is 3. The smallest absolute Gasteiger partial charge is 0.326 e. The van der Waals surface area contributed by atoms with Gasteiger partial charge in [0.25, 0.3) is 0 Å². The van der Waals surface area contributed by atoms with Gasteiger partial charge in [0.2, 0.25) is 5.91 Å². The van der Waals surface area contributed by atoms with Crippen LogP contribution in [-0.2, 0) is 9.59 Å². The van der Waals surface area contributed by atoms with E-state index < -0.39 is 12.0 Å². The quantitative estimate of drug-likeness (QED) is 0.485. The summed E-state index contributed by atoms with van der Waals surface area (Å²) in [6.07, 6.45) is 0.769. The van der Waals surface area contributed by atoms with Crippen molar-refractivity contribution >= 4 is 11.9 Å². The second-order valence-corrected chi connectivity index (χ2v) is 2.50. The lowest BCUT2D eigenvalue weighted by Crippen LogP contribution is -2.32. The summed E-state index contributed by atoms with van der Waals surface area (Å²) in [6.45, 7) is 0. The maximum atomic E-state index is 10.4. The zero-order valence-electron chi connectivity index (χ0n) is 7.26. The molecule has 0 aromatic carbocycles.